The van der Waals surface area contributed by atoms with Gasteiger partial charge in [0.1, 0.15) is 6.54 Å². The average molecular weight is 867 g/mol. The molecule has 0 spiro atoms. The van der Waals surface area contributed by atoms with Gasteiger partial charge in [0.15, 0.2) is 5.71 Å². The Balaban J connectivity index is 0.00000870. The summed E-state index contributed by atoms with van der Waals surface area (Å²) in [6.45, 7) is 8.07. The van der Waals surface area contributed by atoms with Crippen LogP contribution in [-0.4, -0.2) is 97.2 Å². The predicted molar refractivity (Wildman–Crippen MR) is 227 cm³/mol. The number of carbonyl (C=O) groups excluding carboxylic acids is 2. The van der Waals surface area contributed by atoms with E-state index < -0.39 is 37.2 Å². The number of unbranched alkanes of at least 4 members (excludes halogenated alkanes) is 2. The van der Waals surface area contributed by atoms with Crippen LogP contribution in [0.15, 0.2) is 84.6 Å². The number of allylic oxidation sites excluding steroid dienone is 8. The van der Waals surface area contributed by atoms with Gasteiger partial charge in [0.2, 0.25) is 5.69 Å². The molecular weight excluding hydrogens is 816 g/mol. The number of benzene rings is 2. The molecule has 0 aliphatic carbocycles. The van der Waals surface area contributed by atoms with E-state index >= 15 is 0 Å². The zero-order valence-corrected chi connectivity index (χ0v) is 38.4. The molecule has 2 aromatic rings. The largest absolute Gasteiger partial charge is 1.00 e. The molecule has 0 bridgehead atoms. The van der Waals surface area contributed by atoms with Gasteiger partial charge in [0.05, 0.1) is 25.7 Å². The Morgan fingerprint density at radius 1 is 0.825 bits per heavy atom. The minimum atomic E-state index is -4.32. The van der Waals surface area contributed by atoms with Crippen LogP contribution in [0.2, 0.25) is 0 Å². The van der Waals surface area contributed by atoms with Gasteiger partial charge in [0.25, 0.3) is 11.8 Å². The van der Waals surface area contributed by atoms with Crippen molar-refractivity contribution in [3.8, 4) is 0 Å². The molecule has 1 atom stereocenters. The molecule has 0 saturated heterocycles. The van der Waals surface area contributed by atoms with Crippen LogP contribution in [0, 0.1) is 0 Å². The summed E-state index contributed by atoms with van der Waals surface area (Å²) >= 11 is 8.34. The van der Waals surface area contributed by atoms with Crippen LogP contribution in [0.4, 0.5) is 11.4 Å². The van der Waals surface area contributed by atoms with Gasteiger partial charge in [-0.3, -0.25) is 9.59 Å². The minimum absolute atomic E-state index is 0. The molecule has 2 N–H and O–H groups in total. The molecule has 2 aromatic carbocycles. The number of carbonyl (C=O) groups is 2. The van der Waals surface area contributed by atoms with Crippen molar-refractivity contribution in [1.29, 1.82) is 0 Å². The Kier molecular flexibility index (Phi) is 18.9. The maximum Gasteiger partial charge on any atom is 1.00 e. The van der Waals surface area contributed by atoms with Gasteiger partial charge in [0, 0.05) is 95.2 Å². The first-order valence-electron chi connectivity index (χ1n) is 18.6. The summed E-state index contributed by atoms with van der Waals surface area (Å²) < 4.78 is 69.4. The van der Waals surface area contributed by atoms with Crippen molar-refractivity contribution in [1.82, 2.24) is 10.6 Å². The minimum Gasteiger partial charge on any atom is -0.748 e. The third kappa shape index (κ3) is 13.7. The van der Waals surface area contributed by atoms with Crippen molar-refractivity contribution in [3.05, 3.63) is 107 Å². The van der Waals surface area contributed by atoms with E-state index in [1.165, 1.54) is 0 Å². The predicted octanol–water partition coefficient (Wildman–Crippen LogP) is 2.21. The van der Waals surface area contributed by atoms with E-state index in [-0.39, 0.29) is 60.1 Å². The molecule has 2 heterocycles. The summed E-state index contributed by atoms with van der Waals surface area (Å²) in [5.41, 5.74) is 6.27. The fourth-order valence-corrected chi connectivity index (χ4v) is 8.33. The summed E-state index contributed by atoms with van der Waals surface area (Å²) in [5.74, 6) is -0.251. The van der Waals surface area contributed by atoms with Crippen LogP contribution >= 0.6 is 25.3 Å². The molecule has 4 rings (SSSR count). The maximum atomic E-state index is 12.8. The van der Waals surface area contributed by atoms with Gasteiger partial charge in [-0.1, -0.05) is 37.3 Å². The van der Waals surface area contributed by atoms with Gasteiger partial charge in [-0.05, 0) is 75.1 Å². The number of rotatable bonds is 20. The molecule has 0 aromatic heterocycles. The summed E-state index contributed by atoms with van der Waals surface area (Å²) in [6, 6.07) is 11.1. The SMILES string of the molecule is CC1/C(=C/C=C/C=C/C=C/C2=[N+](CCCCS(=O)(=O)[O-])c3ccc(C(=O)NCCS)cc3C2(C)C)N(CCCCS(=O)(=O)[O-])c2ccc(C(=O)NCCS)cc21.[Na+]. The molecule has 2 aliphatic heterocycles. The van der Waals surface area contributed by atoms with E-state index in [1.54, 1.807) is 12.1 Å². The van der Waals surface area contributed by atoms with Crippen LogP contribution in [0.5, 0.6) is 0 Å². The molecule has 12 nitrogen and oxygen atoms in total. The van der Waals surface area contributed by atoms with Crippen molar-refractivity contribution in [2.45, 2.75) is 57.8 Å². The van der Waals surface area contributed by atoms with Gasteiger partial charge in [-0.25, -0.2) is 16.8 Å². The normalized spacial score (nSPS) is 17.1. The van der Waals surface area contributed by atoms with Crippen LogP contribution in [0.3, 0.4) is 0 Å². The first kappa shape index (κ1) is 48.7. The van der Waals surface area contributed by atoms with E-state index in [0.29, 0.717) is 61.7 Å². The molecule has 2 aliphatic rings. The second-order valence-electron chi connectivity index (χ2n) is 14.2. The van der Waals surface area contributed by atoms with E-state index in [2.05, 4.69) is 66.1 Å². The number of hydrogen-bond acceptors (Lipinski definition) is 11. The van der Waals surface area contributed by atoms with Crippen molar-refractivity contribution in [3.63, 3.8) is 0 Å². The average Bonchev–Trinajstić information content (AvgIpc) is 3.52. The Morgan fingerprint density at radius 2 is 1.39 bits per heavy atom. The zero-order valence-electron chi connectivity index (χ0n) is 32.9. The number of fused-ring (bicyclic) bond motifs is 2. The summed E-state index contributed by atoms with van der Waals surface area (Å²) in [4.78, 5) is 27.6. The third-order valence-electron chi connectivity index (χ3n) is 9.77. The fraction of sp³-hybridized carbons (Fsp3) is 0.425. The van der Waals surface area contributed by atoms with Crippen molar-refractivity contribution in [2.75, 3.05) is 54.1 Å². The van der Waals surface area contributed by atoms with E-state index in [0.717, 1.165) is 33.9 Å². The number of thiol groups is 2. The first-order chi connectivity index (χ1) is 26.5. The number of amides is 2. The van der Waals surface area contributed by atoms with Crippen LogP contribution in [0.1, 0.15) is 84.2 Å². The van der Waals surface area contributed by atoms with Crippen molar-refractivity contribution < 1.29 is 69.7 Å². The second kappa shape index (κ2) is 22.1. The summed E-state index contributed by atoms with van der Waals surface area (Å²) in [7, 11) is -8.63. The van der Waals surface area contributed by atoms with E-state index in [1.807, 2.05) is 66.8 Å². The smallest absolute Gasteiger partial charge is 0.748 e. The first-order valence-corrected chi connectivity index (χ1v) is 23.0. The Hall–Kier alpha value is -2.67. The molecule has 17 heteroatoms. The Labute approximate surface area is 370 Å². The van der Waals surface area contributed by atoms with Gasteiger partial charge in [-0.15, -0.1) is 0 Å². The maximum absolute atomic E-state index is 12.8. The molecular formula is C40H51N4NaO8S4. The fourth-order valence-electron chi connectivity index (χ4n) is 7.00. The summed E-state index contributed by atoms with van der Waals surface area (Å²) in [6.07, 6.45) is 14.9. The monoisotopic (exact) mass is 866 g/mol. The van der Waals surface area contributed by atoms with Gasteiger partial charge >= 0.3 is 29.6 Å². The van der Waals surface area contributed by atoms with Crippen molar-refractivity contribution >= 4 is 74.4 Å². The van der Waals surface area contributed by atoms with Crippen LogP contribution < -0.4 is 45.1 Å². The summed E-state index contributed by atoms with van der Waals surface area (Å²) in [5, 5.41) is 5.70. The molecule has 57 heavy (non-hydrogen) atoms. The topological polar surface area (TPSA) is 179 Å². The second-order valence-corrected chi connectivity index (χ2v) is 18.1. The number of nitrogens with one attached hydrogen (secondary N) is 2. The molecule has 0 radical (unpaired) electrons. The van der Waals surface area contributed by atoms with Gasteiger partial charge < -0.3 is 24.6 Å². The van der Waals surface area contributed by atoms with Crippen LogP contribution in [-0.2, 0) is 25.7 Å². The standard InChI is InChI=1S/C40H52N4O8S4.Na/c1-29-32-27-30(38(45)41-19-23-53)15-17-35(32)43(21-9-11-25-55(47,48)49)34(29)13-7-5-4-6-8-14-37-40(2,3)33-28-31(39(46)42-20-24-54)16-18-36(33)44(37)22-10-12-26-56(50,51)52;/h4-8,13-18,27-29H,9-12,19-26H2,1-3H3,(H5-,41,42,45,46,47,48,49,50,51,52,53,54);/q;+1/p-1. The third-order valence-corrected chi connectivity index (χ3v) is 11.8. The number of anilines is 1. The number of hydrogen-bond donors (Lipinski definition) is 4. The zero-order chi connectivity index (χ0) is 41.1. The van der Waals surface area contributed by atoms with E-state index in [4.69, 9.17) is 0 Å². The number of nitrogens with zero attached hydrogens (tertiary/aromatic N) is 2. The Bertz CT molecular complexity index is 2150. The molecule has 304 valence electrons. The van der Waals surface area contributed by atoms with Gasteiger partial charge in [-0.2, -0.15) is 29.8 Å². The quantitative estimate of drug-likeness (QED) is 0.0388. The van der Waals surface area contributed by atoms with Crippen molar-refractivity contribution in [2.24, 2.45) is 0 Å². The van der Waals surface area contributed by atoms with E-state index in [9.17, 15) is 35.5 Å². The van der Waals surface area contributed by atoms with Crippen LogP contribution in [0.25, 0.3) is 0 Å². The molecule has 0 saturated carbocycles. The molecule has 1 unspecified atom stereocenters. The molecule has 0 fully saturated rings. The molecule has 2 amide bonds. The Morgan fingerprint density at radius 3 is 2.00 bits per heavy atom.